The molecule has 0 spiro atoms. The molecule has 1 heterocycles. The summed E-state index contributed by atoms with van der Waals surface area (Å²) < 4.78 is 0. The molecule has 1 aliphatic rings. The molecule has 1 aromatic rings. The van der Waals surface area contributed by atoms with Gasteiger partial charge in [0.2, 0.25) is 0 Å². The van der Waals surface area contributed by atoms with Crippen LogP contribution in [0.25, 0.3) is 0 Å². The molecule has 1 N–H and O–H groups in total. The summed E-state index contributed by atoms with van der Waals surface area (Å²) in [6.07, 6.45) is 6.95. The first-order valence-corrected chi connectivity index (χ1v) is 7.34. The smallest absolute Gasteiger partial charge is 0.336 e. The van der Waals surface area contributed by atoms with Crippen LogP contribution in [0.2, 0.25) is 0 Å². The first-order valence-electron chi connectivity index (χ1n) is 7.34. The molecular formula is C16H23NO2. The highest BCUT2D eigenvalue weighted by Gasteiger charge is 2.21. The van der Waals surface area contributed by atoms with E-state index in [1.165, 1.54) is 25.7 Å². The van der Waals surface area contributed by atoms with Gasteiger partial charge in [0.1, 0.15) is 0 Å². The summed E-state index contributed by atoms with van der Waals surface area (Å²) in [6.45, 7) is 4.33. The van der Waals surface area contributed by atoms with Crippen LogP contribution in [0.4, 0.5) is 5.69 Å². The van der Waals surface area contributed by atoms with Crippen LogP contribution < -0.4 is 4.90 Å². The van der Waals surface area contributed by atoms with E-state index < -0.39 is 5.97 Å². The summed E-state index contributed by atoms with van der Waals surface area (Å²) >= 11 is 0. The van der Waals surface area contributed by atoms with Crippen LogP contribution in [0.3, 0.4) is 0 Å². The van der Waals surface area contributed by atoms with Gasteiger partial charge in [0, 0.05) is 18.8 Å². The first-order chi connectivity index (χ1) is 9.24. The van der Waals surface area contributed by atoms with Gasteiger partial charge in [0.15, 0.2) is 0 Å². The molecular weight excluding hydrogens is 238 g/mol. The van der Waals surface area contributed by atoms with Crippen LogP contribution in [-0.4, -0.2) is 24.2 Å². The second-order valence-corrected chi connectivity index (χ2v) is 5.26. The first kappa shape index (κ1) is 13.9. The number of benzene rings is 1. The predicted octanol–water partition coefficient (Wildman–Crippen LogP) is 3.72. The molecule has 0 aromatic heterocycles. The lowest BCUT2D eigenvalue weighted by Crippen LogP contribution is -2.31. The van der Waals surface area contributed by atoms with Crippen LogP contribution in [0, 0.1) is 0 Å². The molecule has 1 aliphatic heterocycles. The van der Waals surface area contributed by atoms with Crippen molar-refractivity contribution in [3.8, 4) is 0 Å². The van der Waals surface area contributed by atoms with Crippen molar-refractivity contribution < 1.29 is 9.90 Å². The number of hydrogen-bond donors (Lipinski definition) is 1. The topological polar surface area (TPSA) is 40.5 Å². The van der Waals surface area contributed by atoms with E-state index in [0.717, 1.165) is 37.2 Å². The lowest BCUT2D eigenvalue weighted by atomic mass is 9.96. The number of unbranched alkanes of at least 4 members (excludes halogenated alkanes) is 3. The second kappa shape index (κ2) is 6.60. The molecule has 0 saturated carbocycles. The molecule has 0 radical (unpaired) electrons. The highest BCUT2D eigenvalue weighted by atomic mass is 16.4. The van der Waals surface area contributed by atoms with Gasteiger partial charge in [0.25, 0.3) is 0 Å². The zero-order valence-electron chi connectivity index (χ0n) is 11.7. The number of carbonyl (C=O) groups is 1. The van der Waals surface area contributed by atoms with Gasteiger partial charge in [-0.3, -0.25) is 0 Å². The number of anilines is 1. The van der Waals surface area contributed by atoms with E-state index in [1.807, 2.05) is 6.07 Å². The van der Waals surface area contributed by atoms with Crippen molar-refractivity contribution in [1.29, 1.82) is 0 Å². The third-order valence-electron chi connectivity index (χ3n) is 3.86. The van der Waals surface area contributed by atoms with E-state index in [1.54, 1.807) is 6.07 Å². The fourth-order valence-electron chi connectivity index (χ4n) is 2.86. The summed E-state index contributed by atoms with van der Waals surface area (Å²) in [5, 5.41) is 9.25. The van der Waals surface area contributed by atoms with E-state index in [9.17, 15) is 9.90 Å². The number of hydrogen-bond acceptors (Lipinski definition) is 2. The minimum absolute atomic E-state index is 0.482. The Hall–Kier alpha value is -1.51. The zero-order chi connectivity index (χ0) is 13.7. The van der Waals surface area contributed by atoms with Gasteiger partial charge < -0.3 is 10.0 Å². The maximum Gasteiger partial charge on any atom is 0.336 e. The lowest BCUT2D eigenvalue weighted by molar-refractivity contribution is 0.0695. The van der Waals surface area contributed by atoms with Gasteiger partial charge in [-0.25, -0.2) is 4.79 Å². The Kier molecular flexibility index (Phi) is 4.83. The third kappa shape index (κ3) is 3.28. The molecule has 0 atom stereocenters. The molecule has 2 rings (SSSR count). The van der Waals surface area contributed by atoms with Crippen LogP contribution >= 0.6 is 0 Å². The quantitative estimate of drug-likeness (QED) is 0.793. The Morgan fingerprint density at radius 1 is 1.32 bits per heavy atom. The zero-order valence-corrected chi connectivity index (χ0v) is 11.7. The molecule has 0 amide bonds. The van der Waals surface area contributed by atoms with Gasteiger partial charge in [-0.2, -0.15) is 0 Å². The highest BCUT2D eigenvalue weighted by Crippen LogP contribution is 2.30. The van der Waals surface area contributed by atoms with Crippen LogP contribution in [-0.2, 0) is 6.42 Å². The molecule has 3 nitrogen and oxygen atoms in total. The second-order valence-electron chi connectivity index (χ2n) is 5.26. The van der Waals surface area contributed by atoms with Gasteiger partial charge in [0.05, 0.1) is 5.56 Å². The Morgan fingerprint density at radius 2 is 2.16 bits per heavy atom. The number of rotatable bonds is 6. The third-order valence-corrected chi connectivity index (χ3v) is 3.86. The van der Waals surface area contributed by atoms with Gasteiger partial charge in [-0.1, -0.05) is 32.3 Å². The van der Waals surface area contributed by atoms with E-state index >= 15 is 0 Å². The molecule has 104 valence electrons. The molecule has 0 fully saturated rings. The minimum Gasteiger partial charge on any atom is -0.478 e. The van der Waals surface area contributed by atoms with E-state index in [-0.39, 0.29) is 0 Å². The Balaban J connectivity index is 2.11. The minimum atomic E-state index is -0.801. The van der Waals surface area contributed by atoms with Crippen molar-refractivity contribution in [2.24, 2.45) is 0 Å². The van der Waals surface area contributed by atoms with Crippen molar-refractivity contribution in [2.45, 2.75) is 45.4 Å². The largest absolute Gasteiger partial charge is 0.478 e. The van der Waals surface area contributed by atoms with Crippen LogP contribution in [0.5, 0.6) is 0 Å². The summed E-state index contributed by atoms with van der Waals surface area (Å²) in [5.74, 6) is -0.801. The maximum absolute atomic E-state index is 11.3. The summed E-state index contributed by atoms with van der Waals surface area (Å²) in [4.78, 5) is 13.6. The Morgan fingerprint density at radius 3 is 2.89 bits per heavy atom. The number of carboxylic acid groups (broad SMARTS) is 1. The van der Waals surface area contributed by atoms with E-state index in [0.29, 0.717) is 5.56 Å². The monoisotopic (exact) mass is 261 g/mol. The Bertz CT molecular complexity index is 442. The summed E-state index contributed by atoms with van der Waals surface area (Å²) in [6, 6.07) is 5.66. The predicted molar refractivity (Wildman–Crippen MR) is 78.1 cm³/mol. The van der Waals surface area contributed by atoms with Crippen molar-refractivity contribution in [3.63, 3.8) is 0 Å². The molecule has 0 saturated heterocycles. The summed E-state index contributed by atoms with van der Waals surface area (Å²) in [7, 11) is 0. The van der Waals surface area contributed by atoms with Crippen molar-refractivity contribution in [1.82, 2.24) is 0 Å². The molecule has 0 aliphatic carbocycles. The normalized spacial score (nSPS) is 14.3. The molecule has 0 unspecified atom stereocenters. The molecule has 0 bridgehead atoms. The van der Waals surface area contributed by atoms with Gasteiger partial charge >= 0.3 is 5.97 Å². The average molecular weight is 261 g/mol. The standard InChI is InChI=1S/C16H23NO2/c1-2-3-4-5-11-17-12-7-9-13-14(16(18)19)8-6-10-15(13)17/h6,8,10H,2-5,7,9,11-12H2,1H3,(H,18,19). The van der Waals surface area contributed by atoms with Gasteiger partial charge in [-0.15, -0.1) is 0 Å². The average Bonchev–Trinajstić information content (AvgIpc) is 2.43. The lowest BCUT2D eigenvalue weighted by Gasteiger charge is -2.32. The van der Waals surface area contributed by atoms with Crippen molar-refractivity contribution in [3.05, 3.63) is 29.3 Å². The number of fused-ring (bicyclic) bond motifs is 1. The molecule has 1 aromatic carbocycles. The van der Waals surface area contributed by atoms with E-state index in [4.69, 9.17) is 0 Å². The highest BCUT2D eigenvalue weighted by molar-refractivity contribution is 5.91. The molecule has 19 heavy (non-hydrogen) atoms. The number of nitrogens with zero attached hydrogens (tertiary/aromatic N) is 1. The number of carboxylic acids is 1. The SMILES string of the molecule is CCCCCCN1CCCc2c(C(=O)O)cccc21. The maximum atomic E-state index is 11.3. The fraction of sp³-hybridized carbons (Fsp3) is 0.562. The van der Waals surface area contributed by atoms with Crippen LogP contribution in [0.1, 0.15) is 54.9 Å². The van der Waals surface area contributed by atoms with E-state index in [2.05, 4.69) is 17.9 Å². The van der Waals surface area contributed by atoms with Crippen LogP contribution in [0.15, 0.2) is 18.2 Å². The fourth-order valence-corrected chi connectivity index (χ4v) is 2.86. The number of aromatic carboxylic acids is 1. The Labute approximate surface area is 115 Å². The van der Waals surface area contributed by atoms with Crippen molar-refractivity contribution in [2.75, 3.05) is 18.0 Å². The van der Waals surface area contributed by atoms with Crippen molar-refractivity contribution >= 4 is 11.7 Å². The van der Waals surface area contributed by atoms with Gasteiger partial charge in [-0.05, 0) is 37.0 Å². The summed E-state index contributed by atoms with van der Waals surface area (Å²) in [5.41, 5.74) is 2.65. The molecule has 3 heteroatoms.